The van der Waals surface area contributed by atoms with Gasteiger partial charge in [0.25, 0.3) is 5.91 Å². The van der Waals surface area contributed by atoms with Crippen LogP contribution in [0.2, 0.25) is 0 Å². The summed E-state index contributed by atoms with van der Waals surface area (Å²) in [4.78, 5) is 15.8. The van der Waals surface area contributed by atoms with Crippen LogP contribution in [0.25, 0.3) is 0 Å². The molecule has 0 aliphatic heterocycles. The molecule has 0 aliphatic carbocycles. The van der Waals surface area contributed by atoms with Gasteiger partial charge in [-0.1, -0.05) is 6.07 Å². The summed E-state index contributed by atoms with van der Waals surface area (Å²) in [5.41, 5.74) is 0.523. The van der Waals surface area contributed by atoms with Gasteiger partial charge in [-0.3, -0.25) is 9.78 Å². The molecule has 0 unspecified atom stereocenters. The summed E-state index contributed by atoms with van der Waals surface area (Å²) < 4.78 is 5.63. The normalized spacial score (nSPS) is 10.1. The van der Waals surface area contributed by atoms with Crippen molar-refractivity contribution in [1.29, 1.82) is 0 Å². The number of rotatable bonds is 6. The lowest BCUT2D eigenvalue weighted by atomic mass is 10.2. The molecule has 0 saturated carbocycles. The minimum atomic E-state index is -0.182. The fraction of sp³-hybridized carbons (Fsp3) is 0.200. The zero-order valence-corrected chi connectivity index (χ0v) is 11.0. The molecule has 20 heavy (non-hydrogen) atoms. The number of amides is 1. The average Bonchev–Trinajstić information content (AvgIpc) is 2.49. The Bertz CT molecular complexity index is 558. The van der Waals surface area contributed by atoms with Crippen LogP contribution in [0.5, 0.6) is 11.5 Å². The molecule has 2 N–H and O–H groups in total. The summed E-state index contributed by atoms with van der Waals surface area (Å²) in [6, 6.07) is 10.4. The first-order valence-electron chi connectivity index (χ1n) is 6.36. The van der Waals surface area contributed by atoms with E-state index in [4.69, 9.17) is 9.84 Å². The Balaban J connectivity index is 2.02. The Hall–Kier alpha value is -2.40. The number of ether oxygens (including phenoxy) is 1. The fourth-order valence-electron chi connectivity index (χ4n) is 1.63. The van der Waals surface area contributed by atoms with Crippen molar-refractivity contribution >= 4 is 5.91 Å². The van der Waals surface area contributed by atoms with Gasteiger partial charge in [0, 0.05) is 31.1 Å². The first kappa shape index (κ1) is 14.0. The minimum absolute atomic E-state index is 0.0610. The van der Waals surface area contributed by atoms with Crippen LogP contribution < -0.4 is 10.1 Å². The topological polar surface area (TPSA) is 71.5 Å². The molecule has 0 spiro atoms. The molecule has 1 heterocycles. The van der Waals surface area contributed by atoms with E-state index < -0.39 is 0 Å². The van der Waals surface area contributed by atoms with E-state index >= 15 is 0 Å². The van der Waals surface area contributed by atoms with Gasteiger partial charge in [-0.15, -0.1) is 0 Å². The van der Waals surface area contributed by atoms with Crippen LogP contribution in [0.3, 0.4) is 0 Å². The Morgan fingerprint density at radius 2 is 2.00 bits per heavy atom. The molecular weight excluding hydrogens is 256 g/mol. The molecule has 0 saturated heterocycles. The molecule has 0 atom stereocenters. The highest BCUT2D eigenvalue weighted by Gasteiger charge is 2.06. The van der Waals surface area contributed by atoms with Crippen molar-refractivity contribution in [2.75, 3.05) is 13.2 Å². The van der Waals surface area contributed by atoms with Crippen LogP contribution in [-0.2, 0) is 0 Å². The third-order valence-corrected chi connectivity index (χ3v) is 2.60. The maximum absolute atomic E-state index is 11.9. The maximum atomic E-state index is 11.9. The highest BCUT2D eigenvalue weighted by atomic mass is 16.5. The predicted molar refractivity (Wildman–Crippen MR) is 74.8 cm³/mol. The zero-order chi connectivity index (χ0) is 14.2. The summed E-state index contributed by atoms with van der Waals surface area (Å²) in [6.45, 7) is 0.510. The minimum Gasteiger partial charge on any atom is -0.457 e. The number of aliphatic hydroxyl groups is 1. The van der Waals surface area contributed by atoms with Gasteiger partial charge in [-0.25, -0.2) is 0 Å². The molecule has 2 aromatic rings. The van der Waals surface area contributed by atoms with E-state index in [1.807, 2.05) is 0 Å². The maximum Gasteiger partial charge on any atom is 0.251 e. The van der Waals surface area contributed by atoms with Crippen molar-refractivity contribution in [2.24, 2.45) is 0 Å². The third kappa shape index (κ3) is 4.07. The van der Waals surface area contributed by atoms with E-state index in [9.17, 15) is 4.79 Å². The molecule has 1 amide bonds. The average molecular weight is 272 g/mol. The largest absolute Gasteiger partial charge is 0.457 e. The number of nitrogens with zero attached hydrogens (tertiary/aromatic N) is 1. The Labute approximate surface area is 117 Å². The van der Waals surface area contributed by atoms with Crippen LogP contribution in [0.1, 0.15) is 16.8 Å². The molecule has 0 radical (unpaired) electrons. The molecule has 104 valence electrons. The van der Waals surface area contributed by atoms with Gasteiger partial charge in [-0.2, -0.15) is 0 Å². The number of nitrogens with one attached hydrogen (secondary N) is 1. The number of pyridine rings is 1. The second-order valence-corrected chi connectivity index (χ2v) is 4.15. The lowest BCUT2D eigenvalue weighted by Crippen LogP contribution is -2.24. The molecule has 0 fully saturated rings. The Kier molecular flexibility index (Phi) is 5.08. The molecule has 5 heteroatoms. The SMILES string of the molecule is O=C(NCCCO)c1cccc(Oc2ccncc2)c1. The van der Waals surface area contributed by atoms with E-state index in [2.05, 4.69) is 10.3 Å². The van der Waals surface area contributed by atoms with E-state index in [1.54, 1.807) is 48.8 Å². The van der Waals surface area contributed by atoms with E-state index in [0.29, 0.717) is 30.0 Å². The van der Waals surface area contributed by atoms with E-state index in [-0.39, 0.29) is 12.5 Å². The van der Waals surface area contributed by atoms with E-state index in [0.717, 1.165) is 0 Å². The number of hydrogen-bond donors (Lipinski definition) is 2. The highest BCUT2D eigenvalue weighted by molar-refractivity contribution is 5.94. The van der Waals surface area contributed by atoms with Crippen molar-refractivity contribution in [2.45, 2.75) is 6.42 Å². The lowest BCUT2D eigenvalue weighted by molar-refractivity contribution is 0.0951. The van der Waals surface area contributed by atoms with Crippen LogP contribution in [0.4, 0.5) is 0 Å². The first-order chi connectivity index (χ1) is 9.79. The summed E-state index contributed by atoms with van der Waals surface area (Å²) in [6.07, 6.45) is 3.82. The number of aromatic nitrogens is 1. The van der Waals surface area contributed by atoms with Gasteiger partial charge in [0.1, 0.15) is 11.5 Å². The summed E-state index contributed by atoms with van der Waals surface area (Å²) in [7, 11) is 0. The van der Waals surface area contributed by atoms with Gasteiger partial charge in [0.15, 0.2) is 0 Å². The predicted octanol–water partition coefficient (Wildman–Crippen LogP) is 1.99. The van der Waals surface area contributed by atoms with Gasteiger partial charge < -0.3 is 15.2 Å². The number of aliphatic hydroxyl groups excluding tert-OH is 1. The second-order valence-electron chi connectivity index (χ2n) is 4.15. The van der Waals surface area contributed by atoms with Crippen molar-refractivity contribution in [3.8, 4) is 11.5 Å². The molecular formula is C15H16N2O3. The van der Waals surface area contributed by atoms with Crippen molar-refractivity contribution in [3.05, 3.63) is 54.4 Å². The molecule has 2 rings (SSSR count). The van der Waals surface area contributed by atoms with Crippen molar-refractivity contribution in [3.63, 3.8) is 0 Å². The fourth-order valence-corrected chi connectivity index (χ4v) is 1.63. The van der Waals surface area contributed by atoms with Crippen molar-refractivity contribution < 1.29 is 14.6 Å². The number of carbonyl (C=O) groups excluding carboxylic acids is 1. The van der Waals surface area contributed by atoms with Crippen molar-refractivity contribution in [1.82, 2.24) is 10.3 Å². The van der Waals surface area contributed by atoms with Crippen LogP contribution >= 0.6 is 0 Å². The number of hydrogen-bond acceptors (Lipinski definition) is 4. The smallest absolute Gasteiger partial charge is 0.251 e. The summed E-state index contributed by atoms with van der Waals surface area (Å²) in [5.74, 6) is 1.07. The highest BCUT2D eigenvalue weighted by Crippen LogP contribution is 2.21. The summed E-state index contributed by atoms with van der Waals surface area (Å²) in [5, 5.41) is 11.4. The third-order valence-electron chi connectivity index (χ3n) is 2.60. The van der Waals surface area contributed by atoms with Gasteiger partial charge in [0.05, 0.1) is 0 Å². The Morgan fingerprint density at radius 1 is 1.20 bits per heavy atom. The zero-order valence-electron chi connectivity index (χ0n) is 11.0. The molecule has 0 bridgehead atoms. The van der Waals surface area contributed by atoms with Gasteiger partial charge >= 0.3 is 0 Å². The monoisotopic (exact) mass is 272 g/mol. The standard InChI is InChI=1S/C15H16N2O3/c18-10-2-7-17-15(19)12-3-1-4-14(11-12)20-13-5-8-16-9-6-13/h1,3-6,8-9,11,18H,2,7,10H2,(H,17,19). The first-order valence-corrected chi connectivity index (χ1v) is 6.36. The van der Waals surface area contributed by atoms with Gasteiger partial charge in [0.2, 0.25) is 0 Å². The molecule has 1 aromatic carbocycles. The van der Waals surface area contributed by atoms with E-state index in [1.165, 1.54) is 0 Å². The van der Waals surface area contributed by atoms with Crippen LogP contribution in [0, 0.1) is 0 Å². The van der Waals surface area contributed by atoms with Crippen LogP contribution in [-0.4, -0.2) is 29.1 Å². The Morgan fingerprint density at radius 3 is 2.75 bits per heavy atom. The second kappa shape index (κ2) is 7.25. The quantitative estimate of drug-likeness (QED) is 0.789. The molecule has 5 nitrogen and oxygen atoms in total. The summed E-state index contributed by atoms with van der Waals surface area (Å²) >= 11 is 0. The van der Waals surface area contributed by atoms with Gasteiger partial charge in [-0.05, 0) is 36.8 Å². The molecule has 0 aliphatic rings. The number of carbonyl (C=O) groups is 1. The lowest BCUT2D eigenvalue weighted by Gasteiger charge is -2.08. The molecule has 1 aromatic heterocycles. The number of benzene rings is 1. The van der Waals surface area contributed by atoms with Crippen LogP contribution in [0.15, 0.2) is 48.8 Å².